The average molecular weight is 480 g/mol. The maximum atomic E-state index is 12.9. The molecule has 2 unspecified atom stereocenters. The topological polar surface area (TPSA) is 70.7 Å². The standard InChI is InChI=1S/C23H24F3N3O3S/c24-23(25,26)32-16-8-10-17(11-9-16)33-29-13-12-27-22(31)20(29)14-21(30)28-19-7-3-5-15-4-1-2-6-18(15)19/h1-2,4,6,8-11,19-20H,3,5,7,12-14H2,(H,27,31)(H,28,30). The molecule has 10 heteroatoms. The van der Waals surface area contributed by atoms with Crippen LogP contribution in [-0.2, 0) is 16.0 Å². The van der Waals surface area contributed by atoms with Crippen LogP contribution in [0.4, 0.5) is 13.2 Å². The van der Waals surface area contributed by atoms with Gasteiger partial charge in [-0.15, -0.1) is 13.2 Å². The van der Waals surface area contributed by atoms with Crippen molar-refractivity contribution in [3.05, 3.63) is 59.7 Å². The van der Waals surface area contributed by atoms with Gasteiger partial charge in [-0.2, -0.15) is 0 Å². The Hall–Kier alpha value is -2.72. The Morgan fingerprint density at radius 2 is 1.94 bits per heavy atom. The van der Waals surface area contributed by atoms with Crippen LogP contribution in [0.25, 0.3) is 0 Å². The number of halogens is 3. The molecule has 2 amide bonds. The molecule has 176 valence electrons. The summed E-state index contributed by atoms with van der Waals surface area (Å²) in [6.07, 6.45) is -1.93. The first-order valence-corrected chi connectivity index (χ1v) is 11.5. The molecule has 1 aliphatic carbocycles. The minimum atomic E-state index is -4.75. The number of carbonyl (C=O) groups is 2. The van der Waals surface area contributed by atoms with Crippen LogP contribution in [0.2, 0.25) is 0 Å². The van der Waals surface area contributed by atoms with Crippen LogP contribution in [0.15, 0.2) is 53.4 Å². The number of benzene rings is 2. The second-order valence-corrected chi connectivity index (χ2v) is 9.10. The average Bonchev–Trinajstić information content (AvgIpc) is 2.77. The van der Waals surface area contributed by atoms with Gasteiger partial charge in [-0.05, 0) is 66.6 Å². The highest BCUT2D eigenvalue weighted by molar-refractivity contribution is 7.97. The quantitative estimate of drug-likeness (QED) is 0.614. The molecule has 2 aliphatic rings. The van der Waals surface area contributed by atoms with Crippen molar-refractivity contribution in [2.24, 2.45) is 0 Å². The molecule has 0 aromatic heterocycles. The fraction of sp³-hybridized carbons (Fsp3) is 0.391. The summed E-state index contributed by atoms with van der Waals surface area (Å²) in [7, 11) is 0. The molecule has 2 atom stereocenters. The van der Waals surface area contributed by atoms with Crippen LogP contribution in [0.1, 0.15) is 36.4 Å². The molecule has 2 aromatic carbocycles. The Balaban J connectivity index is 1.39. The highest BCUT2D eigenvalue weighted by Crippen LogP contribution is 2.32. The van der Waals surface area contributed by atoms with E-state index in [1.165, 1.54) is 41.8 Å². The van der Waals surface area contributed by atoms with Crippen molar-refractivity contribution in [2.45, 2.75) is 49.0 Å². The maximum absolute atomic E-state index is 12.9. The van der Waals surface area contributed by atoms with Crippen LogP contribution in [0.5, 0.6) is 5.75 Å². The Morgan fingerprint density at radius 1 is 1.18 bits per heavy atom. The lowest BCUT2D eigenvalue weighted by Crippen LogP contribution is -2.54. The van der Waals surface area contributed by atoms with Crippen molar-refractivity contribution >= 4 is 23.8 Å². The number of ether oxygens (including phenoxy) is 1. The van der Waals surface area contributed by atoms with E-state index in [2.05, 4.69) is 21.4 Å². The number of amides is 2. The fourth-order valence-corrected chi connectivity index (χ4v) is 5.18. The van der Waals surface area contributed by atoms with Gasteiger partial charge in [0.05, 0.1) is 12.5 Å². The number of fused-ring (bicyclic) bond motifs is 1. The molecule has 2 aromatic rings. The van der Waals surface area contributed by atoms with Gasteiger partial charge in [0.15, 0.2) is 0 Å². The predicted octanol–water partition coefficient (Wildman–Crippen LogP) is 3.98. The van der Waals surface area contributed by atoms with E-state index in [0.717, 1.165) is 24.8 Å². The summed E-state index contributed by atoms with van der Waals surface area (Å²) in [6, 6.07) is 12.7. The SMILES string of the molecule is O=C(CC1C(=O)NCCN1Sc1ccc(OC(F)(F)F)cc1)NC1CCCc2ccccc21. The summed E-state index contributed by atoms with van der Waals surface area (Å²) in [5, 5.41) is 5.87. The summed E-state index contributed by atoms with van der Waals surface area (Å²) in [5.74, 6) is -0.768. The third-order valence-corrected chi connectivity index (χ3v) is 6.80. The lowest BCUT2D eigenvalue weighted by atomic mass is 9.87. The molecular weight excluding hydrogens is 455 g/mol. The molecule has 0 bridgehead atoms. The molecule has 0 spiro atoms. The summed E-state index contributed by atoms with van der Waals surface area (Å²) >= 11 is 1.24. The van der Waals surface area contributed by atoms with E-state index in [0.29, 0.717) is 18.0 Å². The Labute approximate surface area is 194 Å². The van der Waals surface area contributed by atoms with Gasteiger partial charge < -0.3 is 15.4 Å². The van der Waals surface area contributed by atoms with Crippen molar-refractivity contribution in [3.63, 3.8) is 0 Å². The van der Waals surface area contributed by atoms with Gasteiger partial charge in [-0.1, -0.05) is 24.3 Å². The third kappa shape index (κ3) is 6.20. The number of piperazine rings is 1. The molecule has 6 nitrogen and oxygen atoms in total. The van der Waals surface area contributed by atoms with E-state index in [1.807, 2.05) is 18.2 Å². The van der Waals surface area contributed by atoms with E-state index < -0.39 is 12.4 Å². The van der Waals surface area contributed by atoms with Gasteiger partial charge in [0.1, 0.15) is 11.8 Å². The van der Waals surface area contributed by atoms with Crippen molar-refractivity contribution in [3.8, 4) is 5.75 Å². The number of hydrogen-bond acceptors (Lipinski definition) is 5. The van der Waals surface area contributed by atoms with Crippen LogP contribution in [-0.4, -0.2) is 41.6 Å². The molecule has 1 aliphatic heterocycles. The van der Waals surface area contributed by atoms with Crippen LogP contribution in [0, 0.1) is 0 Å². The number of rotatable bonds is 6. The van der Waals surface area contributed by atoms with E-state index >= 15 is 0 Å². The van der Waals surface area contributed by atoms with E-state index in [4.69, 9.17) is 0 Å². The second-order valence-electron chi connectivity index (χ2n) is 7.97. The number of carbonyl (C=O) groups excluding carboxylic acids is 2. The smallest absolute Gasteiger partial charge is 0.406 e. The largest absolute Gasteiger partial charge is 0.573 e. The van der Waals surface area contributed by atoms with Crippen molar-refractivity contribution in [1.29, 1.82) is 0 Å². The number of alkyl halides is 3. The van der Waals surface area contributed by atoms with E-state index in [-0.39, 0.29) is 30.0 Å². The molecular formula is C23H24F3N3O3S. The van der Waals surface area contributed by atoms with Crippen molar-refractivity contribution in [1.82, 2.24) is 14.9 Å². The number of nitrogens with one attached hydrogen (secondary N) is 2. The van der Waals surface area contributed by atoms with Crippen molar-refractivity contribution < 1.29 is 27.5 Å². The molecule has 1 heterocycles. The summed E-state index contributed by atoms with van der Waals surface area (Å²) < 4.78 is 42.8. The summed E-state index contributed by atoms with van der Waals surface area (Å²) in [4.78, 5) is 26.0. The van der Waals surface area contributed by atoms with Gasteiger partial charge in [-0.25, -0.2) is 4.31 Å². The monoisotopic (exact) mass is 479 g/mol. The Morgan fingerprint density at radius 3 is 2.70 bits per heavy atom. The zero-order chi connectivity index (χ0) is 23.4. The molecule has 33 heavy (non-hydrogen) atoms. The Kier molecular flexibility index (Phi) is 7.14. The number of nitrogens with zero attached hydrogens (tertiary/aromatic N) is 1. The molecule has 1 fully saturated rings. The molecule has 1 saturated heterocycles. The van der Waals surface area contributed by atoms with Gasteiger partial charge >= 0.3 is 6.36 Å². The third-order valence-electron chi connectivity index (χ3n) is 5.65. The van der Waals surface area contributed by atoms with Gasteiger partial charge in [0, 0.05) is 18.0 Å². The van der Waals surface area contributed by atoms with Gasteiger partial charge in [-0.3, -0.25) is 9.59 Å². The van der Waals surface area contributed by atoms with Gasteiger partial charge in [0.2, 0.25) is 11.8 Å². The highest BCUT2D eigenvalue weighted by atomic mass is 32.2. The first-order valence-electron chi connectivity index (χ1n) is 10.7. The normalized spacial score (nSPS) is 21.1. The van der Waals surface area contributed by atoms with Gasteiger partial charge in [0.25, 0.3) is 0 Å². The first-order chi connectivity index (χ1) is 15.8. The van der Waals surface area contributed by atoms with Crippen LogP contribution < -0.4 is 15.4 Å². The molecule has 0 radical (unpaired) electrons. The lowest BCUT2D eigenvalue weighted by molar-refractivity contribution is -0.274. The number of hydrogen-bond donors (Lipinski definition) is 2. The van der Waals surface area contributed by atoms with E-state index in [9.17, 15) is 22.8 Å². The van der Waals surface area contributed by atoms with Crippen LogP contribution >= 0.6 is 11.9 Å². The minimum Gasteiger partial charge on any atom is -0.406 e. The van der Waals surface area contributed by atoms with E-state index in [1.54, 1.807) is 4.31 Å². The molecule has 4 rings (SSSR count). The summed E-state index contributed by atoms with van der Waals surface area (Å²) in [6.45, 7) is 0.927. The summed E-state index contributed by atoms with van der Waals surface area (Å²) in [5.41, 5.74) is 2.36. The Bertz CT molecular complexity index is 1000. The molecule has 0 saturated carbocycles. The number of aryl methyl sites for hydroxylation is 1. The maximum Gasteiger partial charge on any atom is 0.573 e. The first kappa shape index (κ1) is 23.4. The predicted molar refractivity (Wildman–Crippen MR) is 117 cm³/mol. The van der Waals surface area contributed by atoms with Crippen LogP contribution in [0.3, 0.4) is 0 Å². The fourth-order valence-electron chi connectivity index (χ4n) is 4.17. The highest BCUT2D eigenvalue weighted by Gasteiger charge is 2.34. The molecule has 2 N–H and O–H groups in total. The van der Waals surface area contributed by atoms with Crippen molar-refractivity contribution in [2.75, 3.05) is 13.1 Å². The zero-order valence-electron chi connectivity index (χ0n) is 17.7. The second kappa shape index (κ2) is 10.0. The minimum absolute atomic E-state index is 0.00717. The zero-order valence-corrected chi connectivity index (χ0v) is 18.5. The lowest BCUT2D eigenvalue weighted by Gasteiger charge is -2.34.